The van der Waals surface area contributed by atoms with Crippen LogP contribution in [0.2, 0.25) is 0 Å². The number of anilines is 1. The Bertz CT molecular complexity index is 698. The number of H-pyrrole nitrogens is 1. The van der Waals surface area contributed by atoms with Crippen molar-refractivity contribution < 1.29 is 4.79 Å². The van der Waals surface area contributed by atoms with Crippen LogP contribution in [0.15, 0.2) is 24.5 Å². The average Bonchev–Trinajstić information content (AvgIpc) is 3.21. The molecule has 1 aliphatic heterocycles. The number of carbonyl (C=O) groups excluding carboxylic acids is 1. The molecule has 3 N–H and O–H groups in total. The minimum absolute atomic E-state index is 0.0740. The highest BCUT2D eigenvalue weighted by atomic mass is 16.1. The van der Waals surface area contributed by atoms with E-state index in [0.717, 1.165) is 37.6 Å². The van der Waals surface area contributed by atoms with E-state index in [1.807, 2.05) is 13.1 Å². The van der Waals surface area contributed by atoms with Gasteiger partial charge in [-0.1, -0.05) is 0 Å². The second kappa shape index (κ2) is 7.44. The normalized spacial score (nSPS) is 17.8. The summed E-state index contributed by atoms with van der Waals surface area (Å²) in [5.74, 6) is 1.96. The Morgan fingerprint density at radius 2 is 2.33 bits per heavy atom. The summed E-state index contributed by atoms with van der Waals surface area (Å²) in [6.07, 6.45) is 4.67. The fourth-order valence-electron chi connectivity index (χ4n) is 3.14. The lowest BCUT2D eigenvalue weighted by atomic mass is 10.1. The number of hydrogen-bond donors (Lipinski definition) is 3. The van der Waals surface area contributed by atoms with Crippen molar-refractivity contribution in [3.63, 3.8) is 0 Å². The van der Waals surface area contributed by atoms with Crippen LogP contribution in [0.3, 0.4) is 0 Å². The number of carbonyl (C=O) groups is 1. The maximum Gasteiger partial charge on any atom is 0.255 e. The van der Waals surface area contributed by atoms with Gasteiger partial charge >= 0.3 is 0 Å². The molecular weight excluding hydrogens is 304 g/mol. The second-order valence-electron chi connectivity index (χ2n) is 6.24. The third-order valence-corrected chi connectivity index (χ3v) is 4.36. The molecule has 128 valence electrons. The molecule has 0 bridgehead atoms. The highest BCUT2D eigenvalue weighted by Crippen LogP contribution is 2.18. The molecule has 24 heavy (non-hydrogen) atoms. The van der Waals surface area contributed by atoms with Crippen LogP contribution in [-0.2, 0) is 6.54 Å². The molecule has 1 amide bonds. The van der Waals surface area contributed by atoms with E-state index < -0.39 is 0 Å². The maximum atomic E-state index is 12.3. The lowest BCUT2D eigenvalue weighted by molar-refractivity contribution is 0.0948. The number of imidazole rings is 1. The van der Waals surface area contributed by atoms with Crippen molar-refractivity contribution in [3.05, 3.63) is 41.6 Å². The highest BCUT2D eigenvalue weighted by molar-refractivity contribution is 5.98. The Labute approximate surface area is 141 Å². The summed E-state index contributed by atoms with van der Waals surface area (Å²) in [4.78, 5) is 26.4. The first-order valence-corrected chi connectivity index (χ1v) is 8.29. The van der Waals surface area contributed by atoms with Crippen molar-refractivity contribution in [2.75, 3.05) is 32.0 Å². The van der Waals surface area contributed by atoms with Crippen LogP contribution in [0.5, 0.6) is 0 Å². The Hall–Kier alpha value is -2.41. The van der Waals surface area contributed by atoms with Crippen molar-refractivity contribution >= 4 is 11.7 Å². The Balaban J connectivity index is 1.48. The highest BCUT2D eigenvalue weighted by Gasteiger charge is 2.23. The van der Waals surface area contributed by atoms with Gasteiger partial charge in [-0.05, 0) is 37.9 Å². The van der Waals surface area contributed by atoms with Crippen LogP contribution in [0.1, 0.15) is 28.3 Å². The molecule has 0 spiro atoms. The number of nitrogens with one attached hydrogen (secondary N) is 3. The number of hydrogen-bond acceptors (Lipinski definition) is 5. The number of aryl methyl sites for hydroxylation is 1. The van der Waals surface area contributed by atoms with E-state index in [1.165, 1.54) is 0 Å². The summed E-state index contributed by atoms with van der Waals surface area (Å²) >= 11 is 0. The zero-order valence-electron chi connectivity index (χ0n) is 14.2. The van der Waals surface area contributed by atoms with E-state index in [1.54, 1.807) is 25.4 Å². The van der Waals surface area contributed by atoms with Gasteiger partial charge in [-0.2, -0.15) is 0 Å². The summed E-state index contributed by atoms with van der Waals surface area (Å²) < 4.78 is 0. The third kappa shape index (κ3) is 3.91. The van der Waals surface area contributed by atoms with Gasteiger partial charge in [0.05, 0.1) is 5.56 Å². The summed E-state index contributed by atoms with van der Waals surface area (Å²) in [5.41, 5.74) is 1.73. The Kier molecular flexibility index (Phi) is 5.10. The van der Waals surface area contributed by atoms with Crippen LogP contribution in [0.25, 0.3) is 0 Å². The lowest BCUT2D eigenvalue weighted by Gasteiger charge is -2.15. The Morgan fingerprint density at radius 1 is 1.46 bits per heavy atom. The first-order valence-electron chi connectivity index (χ1n) is 8.29. The van der Waals surface area contributed by atoms with Crippen molar-refractivity contribution in [2.45, 2.75) is 19.9 Å². The molecule has 0 aliphatic carbocycles. The van der Waals surface area contributed by atoms with Crippen LogP contribution in [-0.4, -0.2) is 52.4 Å². The van der Waals surface area contributed by atoms with E-state index in [0.29, 0.717) is 23.8 Å². The van der Waals surface area contributed by atoms with Crippen molar-refractivity contribution in [3.8, 4) is 0 Å². The zero-order valence-corrected chi connectivity index (χ0v) is 14.2. The average molecular weight is 328 g/mol. The molecule has 3 heterocycles. The molecule has 0 aromatic carbocycles. The maximum absolute atomic E-state index is 12.3. The predicted molar refractivity (Wildman–Crippen MR) is 92.8 cm³/mol. The molecular formula is C17H24N6O. The molecule has 0 saturated carbocycles. The smallest absolute Gasteiger partial charge is 0.255 e. The summed E-state index contributed by atoms with van der Waals surface area (Å²) in [6, 6.07) is 3.56. The van der Waals surface area contributed by atoms with Crippen molar-refractivity contribution in [1.82, 2.24) is 25.2 Å². The van der Waals surface area contributed by atoms with Crippen LogP contribution in [0.4, 0.5) is 5.82 Å². The zero-order chi connectivity index (χ0) is 16.9. The van der Waals surface area contributed by atoms with Gasteiger partial charge in [0.25, 0.3) is 5.91 Å². The lowest BCUT2D eigenvalue weighted by Crippen LogP contribution is -2.31. The molecule has 1 atom stereocenters. The van der Waals surface area contributed by atoms with Gasteiger partial charge in [0.1, 0.15) is 11.6 Å². The van der Waals surface area contributed by atoms with Gasteiger partial charge in [-0.25, -0.2) is 9.97 Å². The molecule has 2 aromatic rings. The molecule has 0 unspecified atom stereocenters. The number of aromatic amines is 1. The molecule has 0 radical (unpaired) electrons. The number of pyridine rings is 1. The summed E-state index contributed by atoms with van der Waals surface area (Å²) in [5, 5.41) is 5.99. The van der Waals surface area contributed by atoms with Crippen LogP contribution < -0.4 is 10.6 Å². The van der Waals surface area contributed by atoms with Gasteiger partial charge in [0, 0.05) is 44.8 Å². The quantitative estimate of drug-likeness (QED) is 0.746. The molecule has 2 aromatic heterocycles. The van der Waals surface area contributed by atoms with E-state index in [9.17, 15) is 4.79 Å². The van der Waals surface area contributed by atoms with Gasteiger partial charge in [0.15, 0.2) is 0 Å². The Morgan fingerprint density at radius 3 is 3.08 bits per heavy atom. The fourth-order valence-corrected chi connectivity index (χ4v) is 3.14. The minimum atomic E-state index is -0.0740. The number of likely N-dealkylation sites (tertiary alicyclic amines) is 1. The van der Waals surface area contributed by atoms with E-state index in [2.05, 4.69) is 30.5 Å². The van der Waals surface area contributed by atoms with E-state index in [4.69, 9.17) is 0 Å². The summed E-state index contributed by atoms with van der Waals surface area (Å²) in [6.45, 7) is 5.58. The standard InChI is InChI=1S/C17H24N6O/c1-12-20-9-14(22-12)11-23-7-5-13(10-23)8-21-17(24)15-4-3-6-19-16(15)18-2/h3-4,6,9,13H,5,7-8,10-11H2,1-2H3,(H,18,19)(H,20,22)(H,21,24)/t13-/m1/s1. The first kappa shape index (κ1) is 16.4. The third-order valence-electron chi connectivity index (χ3n) is 4.36. The van der Waals surface area contributed by atoms with Crippen LogP contribution >= 0.6 is 0 Å². The molecule has 1 saturated heterocycles. The van der Waals surface area contributed by atoms with E-state index >= 15 is 0 Å². The van der Waals surface area contributed by atoms with E-state index in [-0.39, 0.29) is 5.91 Å². The minimum Gasteiger partial charge on any atom is -0.372 e. The number of aromatic nitrogens is 3. The number of amides is 1. The second-order valence-corrected chi connectivity index (χ2v) is 6.24. The predicted octanol–water partition coefficient (Wildman–Crippen LogP) is 1.41. The molecule has 1 fully saturated rings. The summed E-state index contributed by atoms with van der Waals surface area (Å²) in [7, 11) is 1.77. The monoisotopic (exact) mass is 328 g/mol. The molecule has 7 nitrogen and oxygen atoms in total. The number of nitrogens with zero attached hydrogens (tertiary/aromatic N) is 3. The molecule has 7 heteroatoms. The van der Waals surface area contributed by atoms with Gasteiger partial charge in [0.2, 0.25) is 0 Å². The number of rotatable bonds is 6. The van der Waals surface area contributed by atoms with Gasteiger partial charge < -0.3 is 15.6 Å². The SMILES string of the molecule is CNc1ncccc1C(=O)NC[C@H]1CCN(Cc2cnc(C)[nH]2)C1. The topological polar surface area (TPSA) is 85.9 Å². The molecule has 1 aliphatic rings. The van der Waals surface area contributed by atoms with Crippen LogP contribution in [0, 0.1) is 12.8 Å². The van der Waals surface area contributed by atoms with Crippen molar-refractivity contribution in [1.29, 1.82) is 0 Å². The van der Waals surface area contributed by atoms with Gasteiger partial charge in [-0.3, -0.25) is 9.69 Å². The van der Waals surface area contributed by atoms with Crippen molar-refractivity contribution in [2.24, 2.45) is 5.92 Å². The first-order chi connectivity index (χ1) is 11.7. The largest absolute Gasteiger partial charge is 0.372 e. The van der Waals surface area contributed by atoms with Gasteiger partial charge in [-0.15, -0.1) is 0 Å². The fraction of sp³-hybridized carbons (Fsp3) is 0.471. The molecule has 3 rings (SSSR count).